The molecule has 4 rings (SSSR count). The van der Waals surface area contributed by atoms with Crippen molar-refractivity contribution in [1.82, 2.24) is 5.32 Å². The number of aryl methyl sites for hydroxylation is 1. The van der Waals surface area contributed by atoms with Crippen molar-refractivity contribution in [1.29, 1.82) is 0 Å². The number of benzene rings is 2. The summed E-state index contributed by atoms with van der Waals surface area (Å²) in [6, 6.07) is 14.1. The van der Waals surface area contributed by atoms with Crippen molar-refractivity contribution in [3.8, 4) is 0 Å². The number of hydrogen-bond donors (Lipinski definition) is 1. The number of rotatable bonds is 4. The molecule has 0 bridgehead atoms. The van der Waals surface area contributed by atoms with Crippen molar-refractivity contribution < 1.29 is 9.59 Å². The fourth-order valence-electron chi connectivity index (χ4n) is 3.99. The number of nitrogens with zero attached hydrogens (tertiary/aromatic N) is 1. The summed E-state index contributed by atoms with van der Waals surface area (Å²) in [7, 11) is 0. The first-order chi connectivity index (χ1) is 13.6. The van der Waals surface area contributed by atoms with Gasteiger partial charge in [-0.25, -0.2) is 0 Å². The second kappa shape index (κ2) is 8.39. The Morgan fingerprint density at radius 2 is 1.93 bits per heavy atom. The SMILES string of the molecule is Cc1ccccc1CN1C(=O)CSc2ccc(C(=O)NC3CCCCC3)cc21. The summed E-state index contributed by atoms with van der Waals surface area (Å²) >= 11 is 1.55. The fraction of sp³-hybridized carbons (Fsp3) is 0.391. The smallest absolute Gasteiger partial charge is 0.251 e. The zero-order chi connectivity index (χ0) is 19.5. The van der Waals surface area contributed by atoms with E-state index >= 15 is 0 Å². The first-order valence-corrected chi connectivity index (χ1v) is 11.0. The highest BCUT2D eigenvalue weighted by molar-refractivity contribution is 8.00. The zero-order valence-corrected chi connectivity index (χ0v) is 17.1. The molecule has 1 aliphatic carbocycles. The van der Waals surface area contributed by atoms with E-state index in [4.69, 9.17) is 0 Å². The Morgan fingerprint density at radius 3 is 2.71 bits per heavy atom. The summed E-state index contributed by atoms with van der Waals surface area (Å²) in [6.07, 6.45) is 5.75. The van der Waals surface area contributed by atoms with Crippen molar-refractivity contribution in [2.24, 2.45) is 0 Å². The minimum absolute atomic E-state index is 0.0337. The highest BCUT2D eigenvalue weighted by Crippen LogP contribution is 2.37. The van der Waals surface area contributed by atoms with Gasteiger partial charge in [-0.3, -0.25) is 9.59 Å². The van der Waals surface area contributed by atoms with Crippen molar-refractivity contribution in [2.75, 3.05) is 10.7 Å². The molecule has 2 aromatic rings. The van der Waals surface area contributed by atoms with Crippen molar-refractivity contribution in [3.05, 3.63) is 59.2 Å². The monoisotopic (exact) mass is 394 g/mol. The van der Waals surface area contributed by atoms with Gasteiger partial charge in [0.25, 0.3) is 5.91 Å². The van der Waals surface area contributed by atoms with Gasteiger partial charge >= 0.3 is 0 Å². The lowest BCUT2D eigenvalue weighted by atomic mass is 9.95. The molecular formula is C23H26N2O2S. The number of fused-ring (bicyclic) bond motifs is 1. The second-order valence-electron chi connectivity index (χ2n) is 7.69. The van der Waals surface area contributed by atoms with Gasteiger partial charge in [0.15, 0.2) is 0 Å². The first kappa shape index (κ1) is 19.1. The third-order valence-electron chi connectivity index (χ3n) is 5.69. The Balaban J connectivity index is 1.58. The summed E-state index contributed by atoms with van der Waals surface area (Å²) in [6.45, 7) is 2.60. The van der Waals surface area contributed by atoms with Gasteiger partial charge in [-0.2, -0.15) is 0 Å². The molecule has 0 unspecified atom stereocenters. The number of hydrogen-bond acceptors (Lipinski definition) is 3. The Bertz CT molecular complexity index is 890. The summed E-state index contributed by atoms with van der Waals surface area (Å²) in [5, 5.41) is 3.18. The van der Waals surface area contributed by atoms with Crippen LogP contribution in [0.4, 0.5) is 5.69 Å². The van der Waals surface area contributed by atoms with Gasteiger partial charge in [0.2, 0.25) is 5.91 Å². The normalized spacial score (nSPS) is 17.3. The van der Waals surface area contributed by atoms with Gasteiger partial charge in [0.1, 0.15) is 0 Å². The maximum atomic E-state index is 12.8. The van der Waals surface area contributed by atoms with Gasteiger partial charge in [-0.1, -0.05) is 43.5 Å². The topological polar surface area (TPSA) is 49.4 Å². The van der Waals surface area contributed by atoms with Crippen LogP contribution in [-0.2, 0) is 11.3 Å². The van der Waals surface area contributed by atoms with Crippen LogP contribution < -0.4 is 10.2 Å². The Kier molecular flexibility index (Phi) is 5.72. The lowest BCUT2D eigenvalue weighted by molar-refractivity contribution is -0.116. The van der Waals surface area contributed by atoms with E-state index in [0.717, 1.165) is 29.0 Å². The molecule has 0 atom stereocenters. The van der Waals surface area contributed by atoms with Gasteiger partial charge in [0.05, 0.1) is 18.0 Å². The van der Waals surface area contributed by atoms with Crippen LogP contribution in [0.2, 0.25) is 0 Å². The molecule has 0 spiro atoms. The largest absolute Gasteiger partial charge is 0.349 e. The van der Waals surface area contributed by atoms with Crippen LogP contribution in [0.1, 0.15) is 53.6 Å². The van der Waals surface area contributed by atoms with Crippen LogP contribution >= 0.6 is 11.8 Å². The van der Waals surface area contributed by atoms with Crippen LogP contribution in [0.3, 0.4) is 0 Å². The van der Waals surface area contributed by atoms with Crippen molar-refractivity contribution >= 4 is 29.3 Å². The molecular weight excluding hydrogens is 368 g/mol. The molecule has 146 valence electrons. The van der Waals surface area contributed by atoms with Crippen molar-refractivity contribution in [2.45, 2.75) is 56.5 Å². The van der Waals surface area contributed by atoms with E-state index in [1.54, 1.807) is 11.8 Å². The van der Waals surface area contributed by atoms with Gasteiger partial charge in [-0.05, 0) is 49.1 Å². The quantitative estimate of drug-likeness (QED) is 0.818. The molecule has 28 heavy (non-hydrogen) atoms. The van der Waals surface area contributed by atoms with Crippen molar-refractivity contribution in [3.63, 3.8) is 0 Å². The summed E-state index contributed by atoms with van der Waals surface area (Å²) in [5.41, 5.74) is 3.78. The maximum Gasteiger partial charge on any atom is 0.251 e. The van der Waals surface area contributed by atoms with Crippen LogP contribution in [0, 0.1) is 6.92 Å². The molecule has 2 amide bonds. The Morgan fingerprint density at radius 1 is 1.14 bits per heavy atom. The van der Waals surface area contributed by atoms with E-state index in [9.17, 15) is 9.59 Å². The second-order valence-corrected chi connectivity index (χ2v) is 8.70. The third-order valence-corrected chi connectivity index (χ3v) is 6.74. The third kappa shape index (κ3) is 4.09. The molecule has 1 N–H and O–H groups in total. The van der Waals surface area contributed by atoms with E-state index in [-0.39, 0.29) is 17.9 Å². The van der Waals surface area contributed by atoms with E-state index in [1.165, 1.54) is 24.8 Å². The van der Waals surface area contributed by atoms with Crippen LogP contribution in [-0.4, -0.2) is 23.6 Å². The molecule has 0 radical (unpaired) electrons. The highest BCUT2D eigenvalue weighted by atomic mass is 32.2. The molecule has 2 aliphatic rings. The highest BCUT2D eigenvalue weighted by Gasteiger charge is 2.27. The average molecular weight is 395 g/mol. The van der Waals surface area contributed by atoms with Crippen LogP contribution in [0.25, 0.3) is 0 Å². The predicted molar refractivity (Wildman–Crippen MR) is 114 cm³/mol. The molecule has 2 aromatic carbocycles. The molecule has 1 heterocycles. The van der Waals surface area contributed by atoms with Gasteiger partial charge < -0.3 is 10.2 Å². The molecule has 1 saturated carbocycles. The maximum absolute atomic E-state index is 12.8. The van der Waals surface area contributed by atoms with Gasteiger partial charge in [0, 0.05) is 16.5 Å². The Hall–Kier alpha value is -2.27. The molecule has 0 saturated heterocycles. The Labute approximate surface area is 170 Å². The zero-order valence-electron chi connectivity index (χ0n) is 16.2. The van der Waals surface area contributed by atoms with E-state index in [2.05, 4.69) is 24.4 Å². The van der Waals surface area contributed by atoms with Crippen LogP contribution in [0.5, 0.6) is 0 Å². The predicted octanol–water partition coefficient (Wildman–Crippen LogP) is 4.70. The first-order valence-electron chi connectivity index (χ1n) is 10.0. The number of carbonyl (C=O) groups excluding carboxylic acids is 2. The number of thioether (sulfide) groups is 1. The summed E-state index contributed by atoms with van der Waals surface area (Å²) < 4.78 is 0. The lowest BCUT2D eigenvalue weighted by Gasteiger charge is -2.30. The standard InChI is InChI=1S/C23H26N2O2S/c1-16-7-5-6-8-18(16)14-25-20-13-17(11-12-21(20)28-15-22(25)26)23(27)24-19-9-3-2-4-10-19/h5-8,11-13,19H,2-4,9-10,14-15H2,1H3,(H,24,27). The number of amides is 2. The molecule has 1 aliphatic heterocycles. The molecule has 4 nitrogen and oxygen atoms in total. The van der Waals surface area contributed by atoms with Crippen LogP contribution in [0.15, 0.2) is 47.4 Å². The number of nitrogens with one attached hydrogen (secondary N) is 1. The summed E-state index contributed by atoms with van der Waals surface area (Å²) in [4.78, 5) is 28.3. The molecule has 0 aromatic heterocycles. The number of anilines is 1. The summed E-state index contributed by atoms with van der Waals surface area (Å²) in [5.74, 6) is 0.492. The minimum Gasteiger partial charge on any atom is -0.349 e. The average Bonchev–Trinajstić information content (AvgIpc) is 2.72. The van der Waals surface area contributed by atoms with E-state index in [1.807, 2.05) is 35.2 Å². The fourth-order valence-corrected chi connectivity index (χ4v) is 4.91. The lowest BCUT2D eigenvalue weighted by Crippen LogP contribution is -2.37. The minimum atomic E-state index is -0.0337. The van der Waals surface area contributed by atoms with Gasteiger partial charge in [-0.15, -0.1) is 11.8 Å². The van der Waals surface area contributed by atoms with E-state index < -0.39 is 0 Å². The molecule has 5 heteroatoms. The van der Waals surface area contributed by atoms with E-state index in [0.29, 0.717) is 17.9 Å². The number of carbonyl (C=O) groups is 2. The molecule has 1 fully saturated rings.